The molecule has 0 spiro atoms. The molecule has 0 aliphatic rings. The molecule has 0 fully saturated rings. The minimum Gasteiger partial charge on any atom is -0.507 e. The molecule has 0 unspecified atom stereocenters. The van der Waals surface area contributed by atoms with Gasteiger partial charge in [-0.2, -0.15) is 0 Å². The van der Waals surface area contributed by atoms with Gasteiger partial charge in [0.1, 0.15) is 11.3 Å². The molecule has 0 heterocycles. The first kappa shape index (κ1) is 13.5. The first-order valence-corrected chi connectivity index (χ1v) is 5.13. The van der Waals surface area contributed by atoms with Crippen molar-refractivity contribution in [2.24, 2.45) is 5.73 Å². The van der Waals surface area contributed by atoms with Gasteiger partial charge in [-0.1, -0.05) is 24.3 Å². The smallest absolute Gasteiger partial charge is 0.339 e. The number of hydrogen-bond acceptors (Lipinski definition) is 3. The van der Waals surface area contributed by atoms with Crippen molar-refractivity contribution in [3.63, 3.8) is 0 Å². The van der Waals surface area contributed by atoms with Crippen LogP contribution in [0.2, 0.25) is 0 Å². The molecule has 5 nitrogen and oxygen atoms in total. The second-order valence-corrected chi connectivity index (χ2v) is 3.63. The van der Waals surface area contributed by atoms with Crippen molar-refractivity contribution >= 4 is 22.6 Å². The Labute approximate surface area is 103 Å². The number of primary amides is 1. The quantitative estimate of drug-likeness (QED) is 0.714. The number of carboxylic acids is 1. The van der Waals surface area contributed by atoms with E-state index in [4.69, 9.17) is 5.11 Å². The molecule has 0 aromatic heterocycles. The normalized spacial score (nSPS) is 9.39. The van der Waals surface area contributed by atoms with Crippen molar-refractivity contribution in [3.05, 3.63) is 42.0 Å². The van der Waals surface area contributed by atoms with E-state index in [1.165, 1.54) is 19.1 Å². The number of carbonyl (C=O) groups is 2. The largest absolute Gasteiger partial charge is 0.507 e. The zero-order chi connectivity index (χ0) is 13.7. The van der Waals surface area contributed by atoms with Crippen LogP contribution in [-0.2, 0) is 4.79 Å². The topological polar surface area (TPSA) is 101 Å². The Morgan fingerprint density at radius 2 is 1.56 bits per heavy atom. The zero-order valence-corrected chi connectivity index (χ0v) is 9.75. The summed E-state index contributed by atoms with van der Waals surface area (Å²) in [6.45, 7) is 1.31. The first-order valence-electron chi connectivity index (χ1n) is 5.13. The van der Waals surface area contributed by atoms with Gasteiger partial charge in [0.15, 0.2) is 0 Å². The number of carbonyl (C=O) groups excluding carboxylic acids is 1. The van der Waals surface area contributed by atoms with Crippen LogP contribution < -0.4 is 5.73 Å². The van der Waals surface area contributed by atoms with Crippen LogP contribution in [0.5, 0.6) is 5.75 Å². The molecule has 94 valence electrons. The summed E-state index contributed by atoms with van der Waals surface area (Å²) in [6.07, 6.45) is 0. The van der Waals surface area contributed by atoms with E-state index in [1.807, 2.05) is 18.2 Å². The van der Waals surface area contributed by atoms with Gasteiger partial charge in [0.2, 0.25) is 5.91 Å². The van der Waals surface area contributed by atoms with Gasteiger partial charge in [-0.3, -0.25) is 4.79 Å². The van der Waals surface area contributed by atoms with Crippen molar-refractivity contribution in [1.82, 2.24) is 0 Å². The van der Waals surface area contributed by atoms with Gasteiger partial charge in [0.05, 0.1) is 0 Å². The summed E-state index contributed by atoms with van der Waals surface area (Å²) < 4.78 is 0. The second kappa shape index (κ2) is 5.67. The fraction of sp³-hybridized carbons (Fsp3) is 0.0769. The highest BCUT2D eigenvalue weighted by Crippen LogP contribution is 2.24. The molecule has 5 heteroatoms. The molecule has 2 aromatic carbocycles. The van der Waals surface area contributed by atoms with Crippen LogP contribution in [-0.4, -0.2) is 22.1 Å². The molecule has 0 bridgehead atoms. The molecule has 4 N–H and O–H groups in total. The third-order valence-electron chi connectivity index (χ3n) is 2.09. The first-order chi connectivity index (χ1) is 8.41. The third-order valence-corrected chi connectivity index (χ3v) is 2.09. The van der Waals surface area contributed by atoms with Crippen molar-refractivity contribution in [3.8, 4) is 5.75 Å². The maximum Gasteiger partial charge on any atom is 0.339 e. The molecule has 0 aliphatic heterocycles. The number of hydrogen-bond donors (Lipinski definition) is 3. The minimum absolute atomic E-state index is 0.0660. The van der Waals surface area contributed by atoms with Gasteiger partial charge >= 0.3 is 5.97 Å². The van der Waals surface area contributed by atoms with E-state index in [-0.39, 0.29) is 17.2 Å². The van der Waals surface area contributed by atoms with Crippen LogP contribution in [0.15, 0.2) is 36.4 Å². The highest BCUT2D eigenvalue weighted by Gasteiger charge is 2.09. The summed E-state index contributed by atoms with van der Waals surface area (Å²) in [7, 11) is 0. The number of benzene rings is 2. The summed E-state index contributed by atoms with van der Waals surface area (Å²) in [4.78, 5) is 19.9. The molecule has 2 aromatic rings. The number of fused-ring (bicyclic) bond motifs is 1. The van der Waals surface area contributed by atoms with Gasteiger partial charge in [-0.05, 0) is 22.9 Å². The van der Waals surface area contributed by atoms with Crippen LogP contribution in [0.1, 0.15) is 17.3 Å². The molecule has 0 radical (unpaired) electrons. The molecular weight excluding hydrogens is 234 g/mol. The summed E-state index contributed by atoms with van der Waals surface area (Å²) in [5.74, 6) is -1.65. The summed E-state index contributed by atoms with van der Waals surface area (Å²) in [5, 5.41) is 19.8. The number of amides is 1. The monoisotopic (exact) mass is 247 g/mol. The van der Waals surface area contributed by atoms with Crippen LogP contribution in [0.25, 0.3) is 10.8 Å². The summed E-state index contributed by atoms with van der Waals surface area (Å²) >= 11 is 0. The number of nitrogens with two attached hydrogens (primary N) is 1. The average molecular weight is 247 g/mol. The van der Waals surface area contributed by atoms with E-state index >= 15 is 0 Å². The predicted octanol–water partition coefficient (Wildman–Crippen LogP) is 1.74. The maximum atomic E-state index is 10.7. The number of aromatic carboxylic acids is 1. The Bertz CT molecular complexity index is 589. The van der Waals surface area contributed by atoms with Crippen LogP contribution in [0.3, 0.4) is 0 Å². The van der Waals surface area contributed by atoms with Crippen molar-refractivity contribution in [1.29, 1.82) is 0 Å². The lowest BCUT2D eigenvalue weighted by atomic mass is 10.1. The highest BCUT2D eigenvalue weighted by atomic mass is 16.4. The Morgan fingerprint density at radius 3 is 2.00 bits per heavy atom. The van der Waals surface area contributed by atoms with E-state index in [0.717, 1.165) is 10.8 Å². The lowest BCUT2D eigenvalue weighted by Crippen LogP contribution is -2.01. The maximum absolute atomic E-state index is 10.7. The fourth-order valence-corrected chi connectivity index (χ4v) is 1.40. The van der Waals surface area contributed by atoms with Gasteiger partial charge in [-0.15, -0.1) is 0 Å². The number of rotatable bonds is 1. The average Bonchev–Trinajstić information content (AvgIpc) is 2.27. The summed E-state index contributed by atoms with van der Waals surface area (Å²) in [5.41, 5.74) is 4.41. The fourth-order valence-electron chi connectivity index (χ4n) is 1.40. The molecule has 2 rings (SSSR count). The van der Waals surface area contributed by atoms with Gasteiger partial charge in [0, 0.05) is 6.92 Å². The molecule has 0 saturated heterocycles. The minimum atomic E-state index is -1.12. The molecule has 0 saturated carbocycles. The Morgan fingerprint density at radius 1 is 1.11 bits per heavy atom. The van der Waals surface area contributed by atoms with Crippen molar-refractivity contribution in [2.45, 2.75) is 6.92 Å². The Balaban J connectivity index is 0.000000357. The van der Waals surface area contributed by atoms with Crippen molar-refractivity contribution < 1.29 is 19.8 Å². The highest BCUT2D eigenvalue weighted by molar-refractivity contribution is 5.97. The van der Waals surface area contributed by atoms with Gasteiger partial charge < -0.3 is 15.9 Å². The molecular formula is C13H13NO4. The Kier molecular flexibility index (Phi) is 4.26. The van der Waals surface area contributed by atoms with E-state index in [0.29, 0.717) is 0 Å². The Hall–Kier alpha value is -2.56. The van der Waals surface area contributed by atoms with Crippen LogP contribution in [0.4, 0.5) is 0 Å². The summed E-state index contributed by atoms with van der Waals surface area (Å²) in [6, 6.07) is 10.2. The molecule has 0 atom stereocenters. The van der Waals surface area contributed by atoms with E-state index in [9.17, 15) is 14.7 Å². The van der Waals surface area contributed by atoms with Crippen LogP contribution >= 0.6 is 0 Å². The number of carboxylic acid groups (broad SMARTS) is 1. The zero-order valence-electron chi connectivity index (χ0n) is 9.75. The van der Waals surface area contributed by atoms with Gasteiger partial charge in [-0.25, -0.2) is 4.79 Å². The lowest BCUT2D eigenvalue weighted by Gasteiger charge is -2.02. The molecule has 1 amide bonds. The van der Waals surface area contributed by atoms with Crippen LogP contribution in [0, 0.1) is 0 Å². The van der Waals surface area contributed by atoms with Crippen molar-refractivity contribution in [2.75, 3.05) is 0 Å². The van der Waals surface area contributed by atoms with E-state index in [1.54, 1.807) is 6.07 Å². The predicted molar refractivity (Wildman–Crippen MR) is 67.4 cm³/mol. The number of phenols is 1. The second-order valence-electron chi connectivity index (χ2n) is 3.63. The standard InChI is InChI=1S/C11H8O3.C2H5NO/c12-10-6-8-4-2-1-3-7(8)5-9(10)11(13)14;1-2(3)4/h1-6,12H,(H,13,14);1H3,(H2,3,4). The van der Waals surface area contributed by atoms with Gasteiger partial charge in [0.25, 0.3) is 0 Å². The third kappa shape index (κ3) is 3.48. The molecule has 0 aliphatic carbocycles. The lowest BCUT2D eigenvalue weighted by molar-refractivity contribution is -0.115. The number of aromatic hydroxyl groups is 1. The van der Waals surface area contributed by atoms with E-state index in [2.05, 4.69) is 5.73 Å². The van der Waals surface area contributed by atoms with E-state index < -0.39 is 5.97 Å². The molecule has 18 heavy (non-hydrogen) atoms. The SMILES string of the molecule is CC(N)=O.O=C(O)c1cc2ccccc2cc1O.